The molecular formula is C13H24N2O3. The lowest BCUT2D eigenvalue weighted by Crippen LogP contribution is -2.45. The average molecular weight is 256 g/mol. The van der Waals surface area contributed by atoms with Crippen molar-refractivity contribution in [2.45, 2.75) is 46.1 Å². The van der Waals surface area contributed by atoms with Crippen LogP contribution in [0.3, 0.4) is 0 Å². The number of carbonyl (C=O) groups excluding carboxylic acids is 1. The van der Waals surface area contributed by atoms with Crippen molar-refractivity contribution in [1.82, 2.24) is 10.2 Å². The first-order valence-electron chi connectivity index (χ1n) is 6.71. The molecule has 3 atom stereocenters. The van der Waals surface area contributed by atoms with Crippen LogP contribution in [0.2, 0.25) is 0 Å². The van der Waals surface area contributed by atoms with Crippen LogP contribution in [0.5, 0.6) is 0 Å². The van der Waals surface area contributed by atoms with Crippen molar-refractivity contribution in [1.29, 1.82) is 0 Å². The van der Waals surface area contributed by atoms with Gasteiger partial charge in [-0.2, -0.15) is 0 Å². The van der Waals surface area contributed by atoms with Gasteiger partial charge in [-0.05, 0) is 25.2 Å². The Morgan fingerprint density at radius 1 is 1.44 bits per heavy atom. The normalized spacial score (nSPS) is 22.6. The van der Waals surface area contributed by atoms with Gasteiger partial charge < -0.3 is 15.3 Å². The number of urea groups is 1. The Balaban J connectivity index is 2.38. The number of carbonyl (C=O) groups is 2. The van der Waals surface area contributed by atoms with Crippen molar-refractivity contribution >= 4 is 12.0 Å². The maximum absolute atomic E-state index is 12.0. The molecule has 1 aliphatic rings. The fraction of sp³-hybridized carbons (Fsp3) is 0.846. The van der Waals surface area contributed by atoms with Gasteiger partial charge in [-0.3, -0.25) is 4.79 Å². The second kappa shape index (κ2) is 6.61. The maximum atomic E-state index is 12.0. The van der Waals surface area contributed by atoms with E-state index in [9.17, 15) is 9.59 Å². The van der Waals surface area contributed by atoms with Gasteiger partial charge in [0.2, 0.25) is 0 Å². The van der Waals surface area contributed by atoms with E-state index in [1.165, 1.54) is 0 Å². The molecule has 0 aromatic rings. The van der Waals surface area contributed by atoms with Gasteiger partial charge in [0.05, 0.1) is 0 Å². The standard InChI is InChI=1S/C13H24N2O3/c1-4-9(2)10(3)14-13(18)15-6-5-11(8-15)7-12(16)17/h9-11H,4-8H2,1-3H3,(H,14,18)(H,16,17). The van der Waals surface area contributed by atoms with Crippen LogP contribution >= 0.6 is 0 Å². The third-order valence-corrected chi connectivity index (χ3v) is 3.89. The summed E-state index contributed by atoms with van der Waals surface area (Å²) in [6, 6.07) is 0.0942. The lowest BCUT2D eigenvalue weighted by Gasteiger charge is -2.24. The van der Waals surface area contributed by atoms with Crippen LogP contribution < -0.4 is 5.32 Å². The van der Waals surface area contributed by atoms with Crippen molar-refractivity contribution in [3.63, 3.8) is 0 Å². The lowest BCUT2D eigenvalue weighted by atomic mass is 10.0. The molecule has 0 bridgehead atoms. The molecule has 1 rings (SSSR count). The summed E-state index contributed by atoms with van der Waals surface area (Å²) in [4.78, 5) is 24.3. The third-order valence-electron chi connectivity index (χ3n) is 3.89. The Bertz CT molecular complexity index is 307. The molecule has 3 unspecified atom stereocenters. The average Bonchev–Trinajstić information content (AvgIpc) is 2.75. The minimum Gasteiger partial charge on any atom is -0.481 e. The maximum Gasteiger partial charge on any atom is 0.317 e. The zero-order chi connectivity index (χ0) is 13.7. The summed E-state index contributed by atoms with van der Waals surface area (Å²) in [5.41, 5.74) is 0. The highest BCUT2D eigenvalue weighted by atomic mass is 16.4. The summed E-state index contributed by atoms with van der Waals surface area (Å²) < 4.78 is 0. The van der Waals surface area contributed by atoms with E-state index in [0.717, 1.165) is 12.8 Å². The molecule has 0 spiro atoms. The van der Waals surface area contributed by atoms with E-state index in [-0.39, 0.29) is 24.4 Å². The first-order valence-corrected chi connectivity index (χ1v) is 6.71. The zero-order valence-electron chi connectivity index (χ0n) is 11.5. The monoisotopic (exact) mass is 256 g/mol. The van der Waals surface area contributed by atoms with Crippen LogP contribution in [-0.2, 0) is 4.79 Å². The Morgan fingerprint density at radius 2 is 2.11 bits per heavy atom. The number of aliphatic carboxylic acids is 1. The van der Waals surface area contributed by atoms with Gasteiger partial charge in [-0.15, -0.1) is 0 Å². The predicted octanol–water partition coefficient (Wildman–Crippen LogP) is 1.93. The van der Waals surface area contributed by atoms with Gasteiger partial charge in [0.15, 0.2) is 0 Å². The predicted molar refractivity (Wildman–Crippen MR) is 69.4 cm³/mol. The highest BCUT2D eigenvalue weighted by Gasteiger charge is 2.28. The van der Waals surface area contributed by atoms with Gasteiger partial charge in [-0.25, -0.2) is 4.79 Å². The molecule has 2 amide bonds. The minimum atomic E-state index is -0.782. The van der Waals surface area contributed by atoms with E-state index in [1.54, 1.807) is 4.90 Å². The number of nitrogens with one attached hydrogen (secondary N) is 1. The summed E-state index contributed by atoms with van der Waals surface area (Å²) in [7, 11) is 0. The van der Waals surface area contributed by atoms with Crippen molar-refractivity contribution in [3.05, 3.63) is 0 Å². The molecule has 0 aliphatic carbocycles. The molecule has 2 N–H and O–H groups in total. The quantitative estimate of drug-likeness (QED) is 0.789. The topological polar surface area (TPSA) is 69.6 Å². The van der Waals surface area contributed by atoms with Crippen LogP contribution in [0.1, 0.15) is 40.0 Å². The van der Waals surface area contributed by atoms with Crippen LogP contribution in [0.25, 0.3) is 0 Å². The van der Waals surface area contributed by atoms with E-state index >= 15 is 0 Å². The summed E-state index contributed by atoms with van der Waals surface area (Å²) in [6.45, 7) is 7.45. The number of likely N-dealkylation sites (tertiary alicyclic amines) is 1. The summed E-state index contributed by atoms with van der Waals surface area (Å²) in [5.74, 6) is -0.228. The fourth-order valence-corrected chi connectivity index (χ4v) is 2.21. The number of carboxylic acids is 1. The number of nitrogens with zero attached hydrogens (tertiary/aromatic N) is 1. The second-order valence-corrected chi connectivity index (χ2v) is 5.32. The van der Waals surface area contributed by atoms with E-state index in [4.69, 9.17) is 5.11 Å². The van der Waals surface area contributed by atoms with Crippen LogP contribution in [-0.4, -0.2) is 41.1 Å². The van der Waals surface area contributed by atoms with Crippen LogP contribution in [0, 0.1) is 11.8 Å². The Morgan fingerprint density at radius 3 is 2.67 bits per heavy atom. The van der Waals surface area contributed by atoms with Gasteiger partial charge >= 0.3 is 12.0 Å². The molecule has 0 aromatic heterocycles. The molecule has 1 aliphatic heterocycles. The van der Waals surface area contributed by atoms with E-state index in [2.05, 4.69) is 19.2 Å². The number of carboxylic acid groups (broad SMARTS) is 1. The summed E-state index contributed by atoms with van der Waals surface area (Å²) >= 11 is 0. The molecule has 0 saturated carbocycles. The molecule has 5 nitrogen and oxygen atoms in total. The largest absolute Gasteiger partial charge is 0.481 e. The molecule has 1 saturated heterocycles. The first-order chi connectivity index (χ1) is 8.43. The summed E-state index contributed by atoms with van der Waals surface area (Å²) in [5, 5.41) is 11.7. The number of amides is 2. The van der Waals surface area contributed by atoms with Gasteiger partial charge in [0, 0.05) is 25.6 Å². The number of rotatable bonds is 5. The SMILES string of the molecule is CCC(C)C(C)NC(=O)N1CCC(CC(=O)O)C1. The molecule has 5 heteroatoms. The van der Waals surface area contributed by atoms with E-state index in [0.29, 0.717) is 19.0 Å². The molecule has 104 valence electrons. The highest BCUT2D eigenvalue weighted by molar-refractivity contribution is 5.75. The molecule has 0 radical (unpaired) electrons. The van der Waals surface area contributed by atoms with Gasteiger partial charge in [0.25, 0.3) is 0 Å². The number of hydrogen-bond acceptors (Lipinski definition) is 2. The third kappa shape index (κ3) is 4.20. The Kier molecular flexibility index (Phi) is 5.44. The zero-order valence-corrected chi connectivity index (χ0v) is 11.5. The lowest BCUT2D eigenvalue weighted by molar-refractivity contribution is -0.138. The van der Waals surface area contributed by atoms with E-state index in [1.807, 2.05) is 6.92 Å². The molecule has 0 aromatic carbocycles. The van der Waals surface area contributed by atoms with Gasteiger partial charge in [-0.1, -0.05) is 20.3 Å². The molecule has 1 fully saturated rings. The smallest absolute Gasteiger partial charge is 0.317 e. The van der Waals surface area contributed by atoms with Crippen molar-refractivity contribution in [2.24, 2.45) is 11.8 Å². The fourth-order valence-electron chi connectivity index (χ4n) is 2.21. The number of hydrogen-bond donors (Lipinski definition) is 2. The highest BCUT2D eigenvalue weighted by Crippen LogP contribution is 2.19. The second-order valence-electron chi connectivity index (χ2n) is 5.32. The van der Waals surface area contributed by atoms with Gasteiger partial charge in [0.1, 0.15) is 0 Å². The van der Waals surface area contributed by atoms with Crippen molar-refractivity contribution in [2.75, 3.05) is 13.1 Å². The summed E-state index contributed by atoms with van der Waals surface area (Å²) in [6.07, 6.45) is 1.98. The van der Waals surface area contributed by atoms with Crippen molar-refractivity contribution in [3.8, 4) is 0 Å². The van der Waals surface area contributed by atoms with E-state index < -0.39 is 5.97 Å². The molecule has 1 heterocycles. The molecule has 18 heavy (non-hydrogen) atoms. The minimum absolute atomic E-state index is 0.0595. The first kappa shape index (κ1) is 14.8. The van der Waals surface area contributed by atoms with Crippen LogP contribution in [0.15, 0.2) is 0 Å². The molecular weight excluding hydrogens is 232 g/mol. The van der Waals surface area contributed by atoms with Crippen molar-refractivity contribution < 1.29 is 14.7 Å². The Labute approximate surface area is 109 Å². The van der Waals surface area contributed by atoms with Crippen LogP contribution in [0.4, 0.5) is 4.79 Å². The Hall–Kier alpha value is -1.26.